The molecule has 7 nitrogen and oxygen atoms in total. The van der Waals surface area contributed by atoms with Gasteiger partial charge in [0.15, 0.2) is 0 Å². The standard InChI is InChI=1S/C14H23N3O4/c1-14(21)5-8-16(9-6-14)11(18)4-3-7-17-12(19)10-15(2)13(17)20/h21H,3-10H2,1-2H3. The largest absolute Gasteiger partial charge is 0.390 e. The van der Waals surface area contributed by atoms with E-state index in [1.54, 1.807) is 18.9 Å². The van der Waals surface area contributed by atoms with Crippen molar-refractivity contribution < 1.29 is 19.5 Å². The molecule has 2 aliphatic heterocycles. The van der Waals surface area contributed by atoms with Crippen molar-refractivity contribution >= 4 is 17.8 Å². The lowest BCUT2D eigenvalue weighted by molar-refractivity contribution is -0.135. The Kier molecular flexibility index (Phi) is 4.51. The number of hydrogen-bond acceptors (Lipinski definition) is 4. The molecule has 118 valence electrons. The maximum Gasteiger partial charge on any atom is 0.326 e. The second kappa shape index (κ2) is 6.01. The smallest absolute Gasteiger partial charge is 0.326 e. The van der Waals surface area contributed by atoms with Gasteiger partial charge in [0.05, 0.1) is 5.60 Å². The van der Waals surface area contributed by atoms with Crippen LogP contribution in [0.1, 0.15) is 32.6 Å². The first-order valence-electron chi connectivity index (χ1n) is 7.36. The summed E-state index contributed by atoms with van der Waals surface area (Å²) in [7, 11) is 1.59. The van der Waals surface area contributed by atoms with E-state index in [9.17, 15) is 19.5 Å². The van der Waals surface area contributed by atoms with E-state index >= 15 is 0 Å². The molecule has 2 saturated heterocycles. The minimum atomic E-state index is -0.671. The lowest BCUT2D eigenvalue weighted by Gasteiger charge is -2.35. The van der Waals surface area contributed by atoms with Gasteiger partial charge in [-0.25, -0.2) is 4.79 Å². The van der Waals surface area contributed by atoms with Crippen molar-refractivity contribution in [3.63, 3.8) is 0 Å². The van der Waals surface area contributed by atoms with Crippen LogP contribution in [0.4, 0.5) is 4.79 Å². The third-order valence-corrected chi connectivity index (χ3v) is 4.20. The van der Waals surface area contributed by atoms with Crippen molar-refractivity contribution in [2.24, 2.45) is 0 Å². The van der Waals surface area contributed by atoms with Crippen LogP contribution in [0, 0.1) is 0 Å². The summed E-state index contributed by atoms with van der Waals surface area (Å²) in [6, 6.07) is -0.290. The van der Waals surface area contributed by atoms with Gasteiger partial charge in [-0.2, -0.15) is 0 Å². The highest BCUT2D eigenvalue weighted by molar-refractivity contribution is 6.01. The monoisotopic (exact) mass is 297 g/mol. The summed E-state index contributed by atoms with van der Waals surface area (Å²) >= 11 is 0. The molecular formula is C14H23N3O4. The number of carbonyl (C=O) groups is 3. The molecule has 4 amide bonds. The van der Waals surface area contributed by atoms with Crippen LogP contribution in [0.2, 0.25) is 0 Å². The minimum absolute atomic E-state index is 0.0259. The molecule has 7 heteroatoms. The minimum Gasteiger partial charge on any atom is -0.390 e. The molecule has 0 aromatic rings. The molecule has 2 fully saturated rings. The third kappa shape index (κ3) is 3.72. The summed E-state index contributed by atoms with van der Waals surface area (Å²) in [6.07, 6.45) is 1.99. The molecule has 2 rings (SSSR count). The first-order chi connectivity index (χ1) is 9.80. The SMILES string of the molecule is CN1CC(=O)N(CCCC(=O)N2CCC(C)(O)CC2)C1=O. The van der Waals surface area contributed by atoms with Crippen LogP contribution in [-0.2, 0) is 9.59 Å². The molecule has 21 heavy (non-hydrogen) atoms. The van der Waals surface area contributed by atoms with Gasteiger partial charge in [-0.3, -0.25) is 14.5 Å². The number of piperidine rings is 1. The Morgan fingerprint density at radius 3 is 2.43 bits per heavy atom. The summed E-state index contributed by atoms with van der Waals surface area (Å²) in [5.41, 5.74) is -0.671. The Morgan fingerprint density at radius 1 is 1.29 bits per heavy atom. The van der Waals surface area contributed by atoms with Crippen LogP contribution in [0.5, 0.6) is 0 Å². The molecule has 2 aliphatic rings. The summed E-state index contributed by atoms with van der Waals surface area (Å²) in [6.45, 7) is 3.33. The molecular weight excluding hydrogens is 274 g/mol. The number of hydrogen-bond donors (Lipinski definition) is 1. The van der Waals surface area contributed by atoms with Crippen LogP contribution in [0.15, 0.2) is 0 Å². The first kappa shape index (κ1) is 15.8. The number of rotatable bonds is 4. The van der Waals surface area contributed by atoms with E-state index < -0.39 is 5.60 Å². The number of likely N-dealkylation sites (tertiary alicyclic amines) is 1. The summed E-state index contributed by atoms with van der Waals surface area (Å²) in [4.78, 5) is 39.6. The Labute approximate surface area is 124 Å². The molecule has 0 aromatic heterocycles. The van der Waals surface area contributed by atoms with Gasteiger partial charge in [0.1, 0.15) is 6.54 Å². The molecule has 0 aromatic carbocycles. The predicted molar refractivity (Wildman–Crippen MR) is 75.4 cm³/mol. The Bertz CT molecular complexity index is 440. The molecule has 1 N–H and O–H groups in total. The van der Waals surface area contributed by atoms with Crippen LogP contribution >= 0.6 is 0 Å². The number of imide groups is 1. The van der Waals surface area contributed by atoms with E-state index in [-0.39, 0.29) is 24.4 Å². The molecule has 0 spiro atoms. The fraction of sp³-hybridized carbons (Fsp3) is 0.786. The molecule has 0 saturated carbocycles. The van der Waals surface area contributed by atoms with Crippen molar-refractivity contribution in [2.75, 3.05) is 33.2 Å². The lowest BCUT2D eigenvalue weighted by Crippen LogP contribution is -2.45. The van der Waals surface area contributed by atoms with Gasteiger partial charge in [0, 0.05) is 33.1 Å². The van der Waals surface area contributed by atoms with Gasteiger partial charge < -0.3 is 14.9 Å². The Hall–Kier alpha value is -1.63. The average Bonchev–Trinajstić information content (AvgIpc) is 2.64. The Morgan fingerprint density at radius 2 is 1.90 bits per heavy atom. The van der Waals surface area contributed by atoms with Gasteiger partial charge in [0.2, 0.25) is 11.8 Å². The van der Waals surface area contributed by atoms with E-state index in [1.165, 1.54) is 9.80 Å². The number of carbonyl (C=O) groups excluding carboxylic acids is 3. The third-order valence-electron chi connectivity index (χ3n) is 4.20. The summed E-state index contributed by atoms with van der Waals surface area (Å²) in [5, 5.41) is 9.85. The van der Waals surface area contributed by atoms with Crippen molar-refractivity contribution in [3.8, 4) is 0 Å². The first-order valence-corrected chi connectivity index (χ1v) is 7.36. The van der Waals surface area contributed by atoms with E-state index in [4.69, 9.17) is 0 Å². The van der Waals surface area contributed by atoms with Crippen LogP contribution in [-0.4, -0.2) is 76.5 Å². The molecule has 2 heterocycles. The molecule has 0 atom stereocenters. The molecule has 0 radical (unpaired) electrons. The highest BCUT2D eigenvalue weighted by Crippen LogP contribution is 2.21. The zero-order chi connectivity index (χ0) is 15.6. The lowest BCUT2D eigenvalue weighted by atomic mass is 9.93. The quantitative estimate of drug-likeness (QED) is 0.743. The van der Waals surface area contributed by atoms with Crippen LogP contribution in [0.3, 0.4) is 0 Å². The fourth-order valence-electron chi connectivity index (χ4n) is 2.67. The Balaban J connectivity index is 1.73. The summed E-state index contributed by atoms with van der Waals surface area (Å²) < 4.78 is 0. The van der Waals surface area contributed by atoms with Crippen LogP contribution in [0.25, 0.3) is 0 Å². The van der Waals surface area contributed by atoms with Crippen molar-refractivity contribution in [1.29, 1.82) is 0 Å². The molecule has 0 unspecified atom stereocenters. The highest BCUT2D eigenvalue weighted by atomic mass is 16.3. The van der Waals surface area contributed by atoms with E-state index in [2.05, 4.69) is 0 Å². The van der Waals surface area contributed by atoms with E-state index in [1.807, 2.05) is 0 Å². The van der Waals surface area contributed by atoms with Gasteiger partial charge in [-0.15, -0.1) is 0 Å². The van der Waals surface area contributed by atoms with Gasteiger partial charge in [0.25, 0.3) is 0 Å². The average molecular weight is 297 g/mol. The maximum absolute atomic E-state index is 12.1. The maximum atomic E-state index is 12.1. The van der Waals surface area contributed by atoms with E-state index in [0.717, 1.165) is 0 Å². The van der Waals surface area contributed by atoms with E-state index in [0.29, 0.717) is 45.3 Å². The van der Waals surface area contributed by atoms with Gasteiger partial charge >= 0.3 is 6.03 Å². The number of aliphatic hydroxyl groups is 1. The number of nitrogens with zero attached hydrogens (tertiary/aromatic N) is 3. The molecule has 0 aliphatic carbocycles. The zero-order valence-electron chi connectivity index (χ0n) is 12.7. The zero-order valence-corrected chi connectivity index (χ0v) is 12.7. The van der Waals surface area contributed by atoms with Crippen molar-refractivity contribution in [1.82, 2.24) is 14.7 Å². The normalized spacial score (nSPS) is 22.1. The van der Waals surface area contributed by atoms with Gasteiger partial charge in [-0.1, -0.05) is 0 Å². The number of likely N-dealkylation sites (N-methyl/N-ethyl adjacent to an activating group) is 1. The highest BCUT2D eigenvalue weighted by Gasteiger charge is 2.33. The predicted octanol–water partition coefficient (Wildman–Crippen LogP) is 0.0340. The number of urea groups is 1. The topological polar surface area (TPSA) is 81.2 Å². The summed E-state index contributed by atoms with van der Waals surface area (Å²) in [5.74, 6) is -0.179. The second-order valence-electron chi connectivity index (χ2n) is 6.17. The van der Waals surface area contributed by atoms with Crippen molar-refractivity contribution in [3.05, 3.63) is 0 Å². The van der Waals surface area contributed by atoms with Crippen LogP contribution < -0.4 is 0 Å². The fourth-order valence-corrected chi connectivity index (χ4v) is 2.67. The number of amides is 4. The second-order valence-corrected chi connectivity index (χ2v) is 6.17. The van der Waals surface area contributed by atoms with Gasteiger partial charge in [-0.05, 0) is 26.2 Å². The molecule has 0 bridgehead atoms. The van der Waals surface area contributed by atoms with Crippen molar-refractivity contribution in [2.45, 2.75) is 38.2 Å².